The molecule has 0 amide bonds. The molecule has 23 atom stereocenters. The summed E-state index contributed by atoms with van der Waals surface area (Å²) >= 11 is 0. The van der Waals surface area contributed by atoms with Crippen LogP contribution in [0.4, 0.5) is 0 Å². The summed E-state index contributed by atoms with van der Waals surface area (Å²) in [5, 5.41) is 62.7. The molecule has 14 nitrogen and oxygen atoms in total. The molecule has 0 aromatic carbocycles. The van der Waals surface area contributed by atoms with E-state index in [9.17, 15) is 35.1 Å². The van der Waals surface area contributed by atoms with Crippen LogP contribution < -0.4 is 22.1 Å². The van der Waals surface area contributed by atoms with Crippen LogP contribution in [0.5, 0.6) is 0 Å². The summed E-state index contributed by atoms with van der Waals surface area (Å²) in [6.45, 7) is 4.55. The lowest BCUT2D eigenvalue weighted by atomic mass is 9.49. The molecule has 0 aromatic rings. The number of ether oxygens (including phenoxy) is 3. The van der Waals surface area contributed by atoms with Crippen LogP contribution in [0.1, 0.15) is 90.9 Å². The number of nitrogens with two attached hydrogens (primary N) is 3. The third-order valence-electron chi connectivity index (χ3n) is 18.8. The van der Waals surface area contributed by atoms with E-state index in [1.54, 1.807) is 13.0 Å². The normalized spacial score (nSPS) is 53.0. The van der Waals surface area contributed by atoms with Gasteiger partial charge < -0.3 is 56.1 Å². The van der Waals surface area contributed by atoms with Gasteiger partial charge >= 0.3 is 5.97 Å². The van der Waals surface area contributed by atoms with Crippen LogP contribution in [-0.2, 0) is 23.8 Å². The molecule has 9 fully saturated rings. The summed E-state index contributed by atoms with van der Waals surface area (Å²) in [6.07, 6.45) is 5.67. The average molecular weight is 844 g/mol. The minimum Gasteiger partial charge on any atom is -0.456 e. The number of hydrogen-bond donors (Lipinski definition) is 9. The molecule has 5 heterocycles. The van der Waals surface area contributed by atoms with Crippen LogP contribution >= 0.6 is 0 Å². The van der Waals surface area contributed by atoms with E-state index < -0.39 is 72.6 Å². The molecule has 4 bridgehead atoms. The molecule has 0 radical (unpaired) electrons. The predicted octanol–water partition coefficient (Wildman–Crippen LogP) is 0.163. The molecule has 338 valence electrons. The van der Waals surface area contributed by atoms with Gasteiger partial charge in [0.15, 0.2) is 0 Å². The lowest BCUT2D eigenvalue weighted by Gasteiger charge is -2.64. The molecule has 5 aliphatic heterocycles. The molecule has 0 aromatic heterocycles. The number of hydrogen-bond acceptors (Lipinski definition) is 13. The molecule has 12 N–H and O–H groups in total. The Kier molecular flexibility index (Phi) is 12.7. The minimum atomic E-state index is -1.16. The zero-order valence-corrected chi connectivity index (χ0v) is 35.8. The van der Waals surface area contributed by atoms with E-state index in [0.717, 1.165) is 64.3 Å². The van der Waals surface area contributed by atoms with Crippen molar-refractivity contribution in [1.29, 1.82) is 0 Å². The van der Waals surface area contributed by atoms with E-state index in [4.69, 9.17) is 25.7 Å². The number of nitrogens with one attached hydrogen (secondary N) is 1. The first-order chi connectivity index (χ1) is 28.9. The van der Waals surface area contributed by atoms with E-state index in [1.165, 1.54) is 0 Å². The maximum absolute atomic E-state index is 14.4. The van der Waals surface area contributed by atoms with E-state index in [1.807, 2.05) is 0 Å². The number of rotatable bonds is 5. The van der Waals surface area contributed by atoms with Gasteiger partial charge in [0.1, 0.15) is 23.7 Å². The van der Waals surface area contributed by atoms with Gasteiger partial charge in [-0.3, -0.25) is 10.5 Å². The van der Waals surface area contributed by atoms with Crippen molar-refractivity contribution in [1.82, 2.24) is 5.32 Å². The van der Waals surface area contributed by atoms with Crippen LogP contribution in [0.3, 0.4) is 0 Å². The van der Waals surface area contributed by atoms with Crippen molar-refractivity contribution in [3.05, 3.63) is 11.6 Å². The van der Waals surface area contributed by atoms with Crippen molar-refractivity contribution < 1.29 is 54.6 Å². The number of quaternary nitrogens is 1. The summed E-state index contributed by atoms with van der Waals surface area (Å²) in [4.78, 5) is 28.5. The Labute approximate surface area is 355 Å². The van der Waals surface area contributed by atoms with E-state index in [0.29, 0.717) is 24.8 Å². The Bertz CT molecular complexity index is 1600. The lowest BCUT2D eigenvalue weighted by Crippen LogP contribution is -2.96. The number of carbonyl (C=O) groups is 2. The Hall–Kier alpha value is -1.56. The first kappa shape index (κ1) is 43.7. The van der Waals surface area contributed by atoms with Crippen molar-refractivity contribution >= 4 is 11.8 Å². The van der Waals surface area contributed by atoms with Gasteiger partial charge in [0, 0.05) is 37.2 Å². The number of aliphatic hydroxyl groups is 5. The van der Waals surface area contributed by atoms with Crippen molar-refractivity contribution in [2.75, 3.05) is 32.9 Å². The average Bonchev–Trinajstić information content (AvgIpc) is 3.38. The molecule has 4 aliphatic carbocycles. The highest BCUT2D eigenvalue weighted by Gasteiger charge is 2.68. The van der Waals surface area contributed by atoms with E-state index in [2.05, 4.69) is 17.6 Å². The van der Waals surface area contributed by atoms with Gasteiger partial charge in [-0.2, -0.15) is 0 Å². The third kappa shape index (κ3) is 7.37. The number of fused-ring (bicyclic) bond motifs is 9. The quantitative estimate of drug-likeness (QED) is 0.133. The van der Waals surface area contributed by atoms with Crippen molar-refractivity contribution in [3.63, 3.8) is 0 Å². The Balaban J connectivity index is 1.29. The molecule has 14 heteroatoms. The van der Waals surface area contributed by atoms with Crippen LogP contribution in [0.2, 0.25) is 0 Å². The molecule has 60 heavy (non-hydrogen) atoms. The van der Waals surface area contributed by atoms with Gasteiger partial charge in [0.25, 0.3) is 0 Å². The summed E-state index contributed by atoms with van der Waals surface area (Å²) < 4.78 is 21.4. The van der Waals surface area contributed by atoms with Crippen molar-refractivity contribution in [2.24, 2.45) is 94.3 Å². The maximum Gasteiger partial charge on any atom is 0.336 e. The largest absolute Gasteiger partial charge is 0.456 e. The second-order valence-corrected chi connectivity index (χ2v) is 21.2. The molecule has 5 saturated heterocycles. The summed E-state index contributed by atoms with van der Waals surface area (Å²) in [5.74, 6) is -1.85. The number of piperidine rings is 2. The fourth-order valence-electron chi connectivity index (χ4n) is 16.2. The Morgan fingerprint density at radius 2 is 1.63 bits per heavy atom. The van der Waals surface area contributed by atoms with Crippen LogP contribution in [0.25, 0.3) is 0 Å². The van der Waals surface area contributed by atoms with E-state index in [-0.39, 0.29) is 103 Å². The van der Waals surface area contributed by atoms with Crippen molar-refractivity contribution in [3.8, 4) is 0 Å². The highest BCUT2D eigenvalue weighted by atomic mass is 16.6. The molecule has 0 spiro atoms. The van der Waals surface area contributed by atoms with Gasteiger partial charge in [0.2, 0.25) is 0 Å². The predicted molar refractivity (Wildman–Crippen MR) is 219 cm³/mol. The second-order valence-electron chi connectivity index (χ2n) is 21.2. The van der Waals surface area contributed by atoms with E-state index >= 15 is 0 Å². The van der Waals surface area contributed by atoms with Crippen LogP contribution in [-0.4, -0.2) is 125 Å². The van der Waals surface area contributed by atoms with Gasteiger partial charge in [0.05, 0.1) is 67.9 Å². The number of ketones is 1. The summed E-state index contributed by atoms with van der Waals surface area (Å²) in [5.41, 5.74) is 13.2. The van der Waals surface area contributed by atoms with Crippen LogP contribution in [0.15, 0.2) is 11.6 Å². The summed E-state index contributed by atoms with van der Waals surface area (Å²) in [6, 6.07) is 0. The first-order valence-corrected chi connectivity index (χ1v) is 23.9. The van der Waals surface area contributed by atoms with Crippen molar-refractivity contribution in [2.45, 2.75) is 145 Å². The van der Waals surface area contributed by atoms with Gasteiger partial charge in [-0.05, 0) is 144 Å². The first-order valence-electron chi connectivity index (χ1n) is 23.9. The monoisotopic (exact) mass is 844 g/mol. The third-order valence-corrected chi connectivity index (χ3v) is 18.8. The fourth-order valence-corrected chi connectivity index (χ4v) is 16.2. The lowest BCUT2D eigenvalue weighted by molar-refractivity contribution is -0.706. The minimum absolute atomic E-state index is 0.00782. The topological polar surface area (TPSA) is 244 Å². The maximum atomic E-state index is 14.4. The molecule has 9 aliphatic rings. The number of Topliss-reactive ketones (excluding diaryl/α,β-unsaturated/α-hetero) is 1. The van der Waals surface area contributed by atoms with Gasteiger partial charge in [-0.1, -0.05) is 6.08 Å². The second kappa shape index (κ2) is 17.4. The smallest absolute Gasteiger partial charge is 0.336 e. The number of allylic oxidation sites excluding steroid dienone is 1. The SMILES string of the molecule is CC=C(CO)C(=O)OC1CC2C(O)C3C(=O)CC(CO)OC3C3C2OC1(C)C1CC2C[NH2+]C(N)CC2CCC1C1CCC2CCC(O)CC2C(CO)C3C2CCNC(N)C12. The fraction of sp³-hybridized carbons (Fsp3) is 0.913. The molecule has 9 rings (SSSR count). The van der Waals surface area contributed by atoms with Gasteiger partial charge in [-0.15, -0.1) is 0 Å². The van der Waals surface area contributed by atoms with Crippen LogP contribution in [0, 0.1) is 82.9 Å². The number of esters is 1. The zero-order chi connectivity index (χ0) is 42.2. The molecular formula is C46H75N4O10+. The summed E-state index contributed by atoms with van der Waals surface area (Å²) in [7, 11) is 0. The molecular weight excluding hydrogens is 769 g/mol. The highest BCUT2D eigenvalue weighted by molar-refractivity contribution is 5.88. The molecule has 23 unspecified atom stereocenters. The molecule has 4 saturated carbocycles. The Morgan fingerprint density at radius 1 is 0.867 bits per heavy atom. The standard InChI is InChI=1S/C46H74N4O10/c1-3-21(18-51)45(57)59-35-16-31-41(56)39-34(55)15-26(19-52)58-43(39)40-37-29-10-11-49-44(48)38(29)28(9-5-22-4-7-25(54)14-30(22)32(37)20-53)27-8-6-23-13-36(47)50-17-24(23)12-33(27)46(35,2)60-42(31)40/h3,22-33,35-44,49-54,56H,4-20,47-48H2,1-2H3/p+1. The number of carbonyl (C=O) groups excluding carboxylic acids is 2. The Morgan fingerprint density at radius 3 is 2.38 bits per heavy atom. The van der Waals surface area contributed by atoms with Gasteiger partial charge in [-0.25, -0.2) is 4.79 Å². The number of aliphatic hydroxyl groups excluding tert-OH is 5. The zero-order valence-electron chi connectivity index (χ0n) is 35.8. The highest BCUT2D eigenvalue weighted by Crippen LogP contribution is 2.63.